The fourth-order valence-electron chi connectivity index (χ4n) is 1.33. The Balaban J connectivity index is -0.000000506. The van der Waals surface area contributed by atoms with Gasteiger partial charge >= 0.3 is 0 Å². The van der Waals surface area contributed by atoms with Gasteiger partial charge in [-0.2, -0.15) is 0 Å². The minimum Gasteiger partial charge on any atom is -0.369 e. The minimum absolute atomic E-state index is 0.0370. The van der Waals surface area contributed by atoms with Crippen LogP contribution in [0.4, 0.5) is 0 Å². The van der Waals surface area contributed by atoms with Crippen molar-refractivity contribution in [2.75, 3.05) is 13.7 Å². The van der Waals surface area contributed by atoms with Crippen LogP contribution in [-0.2, 0) is 9.53 Å². The summed E-state index contributed by atoms with van der Waals surface area (Å²) in [7, 11) is 1.56. The van der Waals surface area contributed by atoms with E-state index in [1.54, 1.807) is 21.0 Å². The highest BCUT2D eigenvalue weighted by atomic mass is 16.5. The number of carbonyl (C=O) groups is 1. The number of amides is 1. The smallest absolute Gasteiger partial charge is 0.254 e. The minimum atomic E-state index is -0.733. The quantitative estimate of drug-likeness (QED) is 0.765. The molecule has 0 unspecified atom stereocenters. The van der Waals surface area contributed by atoms with Crippen molar-refractivity contribution in [2.24, 2.45) is 0 Å². The maximum atomic E-state index is 12.1. The standard InChI is InChI=1S/C11H23NO2.2C2H6/c1-8-12(10(2,3)4)9(13)11(5,6)14-7;2*1-2/h8H2,1-7H3;2*1-2H3. The van der Waals surface area contributed by atoms with Crippen LogP contribution in [-0.4, -0.2) is 35.6 Å². The van der Waals surface area contributed by atoms with Gasteiger partial charge in [-0.1, -0.05) is 27.7 Å². The van der Waals surface area contributed by atoms with Gasteiger partial charge in [0.05, 0.1) is 0 Å². The number of rotatable bonds is 3. The van der Waals surface area contributed by atoms with Gasteiger partial charge < -0.3 is 9.64 Å². The third-order valence-electron chi connectivity index (χ3n) is 2.40. The summed E-state index contributed by atoms with van der Waals surface area (Å²) >= 11 is 0. The third kappa shape index (κ3) is 7.70. The van der Waals surface area contributed by atoms with E-state index >= 15 is 0 Å². The Kier molecular flexibility index (Phi) is 13.0. The molecule has 0 aliphatic carbocycles. The summed E-state index contributed by atoms with van der Waals surface area (Å²) in [6.07, 6.45) is 0. The van der Waals surface area contributed by atoms with Crippen LogP contribution in [0.15, 0.2) is 0 Å². The number of methoxy groups -OCH3 is 1. The van der Waals surface area contributed by atoms with Crippen molar-refractivity contribution in [2.45, 2.75) is 80.4 Å². The lowest BCUT2D eigenvalue weighted by atomic mass is 10.0. The molecule has 0 fully saturated rings. The van der Waals surface area contributed by atoms with Gasteiger partial charge in [-0.05, 0) is 41.5 Å². The molecule has 1 amide bonds. The van der Waals surface area contributed by atoms with E-state index in [9.17, 15) is 4.79 Å². The van der Waals surface area contributed by atoms with E-state index in [4.69, 9.17) is 4.74 Å². The molecule has 0 saturated carbocycles. The zero-order valence-corrected chi connectivity index (χ0v) is 14.5. The first-order chi connectivity index (χ1) is 8.16. The van der Waals surface area contributed by atoms with E-state index in [0.29, 0.717) is 6.54 Å². The van der Waals surface area contributed by atoms with Crippen molar-refractivity contribution >= 4 is 5.91 Å². The molecular weight excluding hydrogens is 226 g/mol. The molecule has 0 saturated heterocycles. The summed E-state index contributed by atoms with van der Waals surface area (Å²) < 4.78 is 5.19. The summed E-state index contributed by atoms with van der Waals surface area (Å²) in [6.45, 7) is 20.4. The van der Waals surface area contributed by atoms with E-state index in [-0.39, 0.29) is 11.4 Å². The molecule has 112 valence electrons. The van der Waals surface area contributed by atoms with Crippen LogP contribution < -0.4 is 0 Å². The van der Waals surface area contributed by atoms with E-state index in [1.165, 1.54) is 0 Å². The molecule has 0 aliphatic rings. The summed E-state index contributed by atoms with van der Waals surface area (Å²) in [5.74, 6) is 0.0370. The molecule has 0 aliphatic heterocycles. The summed E-state index contributed by atoms with van der Waals surface area (Å²) in [4.78, 5) is 13.9. The zero-order chi connectivity index (χ0) is 15.6. The van der Waals surface area contributed by atoms with Crippen LogP contribution in [0.1, 0.15) is 69.2 Å². The molecule has 0 N–H and O–H groups in total. The molecule has 0 rings (SSSR count). The molecule has 0 aromatic rings. The molecule has 0 aromatic heterocycles. The number of carbonyl (C=O) groups excluding carboxylic acids is 1. The first kappa shape index (κ1) is 22.6. The average molecular weight is 261 g/mol. The molecular formula is C15H35NO2. The number of hydrogen-bond donors (Lipinski definition) is 0. The maximum Gasteiger partial charge on any atom is 0.254 e. The van der Waals surface area contributed by atoms with Crippen molar-refractivity contribution in [3.8, 4) is 0 Å². The number of ether oxygens (including phenoxy) is 1. The average Bonchev–Trinajstić information content (AvgIpc) is 2.33. The normalized spacial score (nSPS) is 10.6. The van der Waals surface area contributed by atoms with Crippen molar-refractivity contribution < 1.29 is 9.53 Å². The third-order valence-corrected chi connectivity index (χ3v) is 2.40. The van der Waals surface area contributed by atoms with Gasteiger partial charge in [-0.3, -0.25) is 4.79 Å². The Bertz CT molecular complexity index is 205. The van der Waals surface area contributed by atoms with Crippen molar-refractivity contribution in [3.63, 3.8) is 0 Å². The van der Waals surface area contributed by atoms with Gasteiger partial charge in [0, 0.05) is 19.2 Å². The molecule has 0 aromatic carbocycles. The first-order valence-corrected chi connectivity index (χ1v) is 7.04. The largest absolute Gasteiger partial charge is 0.369 e. The van der Waals surface area contributed by atoms with E-state index in [2.05, 4.69) is 0 Å². The Labute approximate surface area is 115 Å². The van der Waals surface area contributed by atoms with Crippen molar-refractivity contribution in [1.82, 2.24) is 4.90 Å². The van der Waals surface area contributed by atoms with Gasteiger partial charge in [-0.25, -0.2) is 0 Å². The molecule has 0 atom stereocenters. The highest BCUT2D eigenvalue weighted by molar-refractivity contribution is 5.85. The topological polar surface area (TPSA) is 29.5 Å². The molecule has 0 bridgehead atoms. The molecule has 18 heavy (non-hydrogen) atoms. The lowest BCUT2D eigenvalue weighted by molar-refractivity contribution is -0.155. The second-order valence-electron chi connectivity index (χ2n) is 4.93. The Hall–Kier alpha value is -0.570. The zero-order valence-electron chi connectivity index (χ0n) is 14.5. The Morgan fingerprint density at radius 2 is 1.33 bits per heavy atom. The monoisotopic (exact) mass is 261 g/mol. The predicted molar refractivity (Wildman–Crippen MR) is 80.9 cm³/mol. The summed E-state index contributed by atoms with van der Waals surface area (Å²) in [5, 5.41) is 0. The molecule has 0 spiro atoms. The predicted octanol–water partition coefficient (Wildman–Crippen LogP) is 4.11. The first-order valence-electron chi connectivity index (χ1n) is 7.04. The van der Waals surface area contributed by atoms with Gasteiger partial charge in [0.2, 0.25) is 0 Å². The molecule has 3 nitrogen and oxygen atoms in total. The fraction of sp³-hybridized carbons (Fsp3) is 0.933. The summed E-state index contributed by atoms with van der Waals surface area (Å²) in [6, 6.07) is 0. The van der Waals surface area contributed by atoms with Gasteiger partial charge in [-0.15, -0.1) is 0 Å². The fourth-order valence-corrected chi connectivity index (χ4v) is 1.33. The lowest BCUT2D eigenvalue weighted by Crippen LogP contribution is -2.53. The Morgan fingerprint density at radius 1 is 1.00 bits per heavy atom. The maximum absolute atomic E-state index is 12.1. The van der Waals surface area contributed by atoms with Gasteiger partial charge in [0.1, 0.15) is 5.60 Å². The van der Waals surface area contributed by atoms with Crippen LogP contribution in [0.25, 0.3) is 0 Å². The van der Waals surface area contributed by atoms with Crippen LogP contribution in [0.2, 0.25) is 0 Å². The number of nitrogens with zero attached hydrogens (tertiary/aromatic N) is 1. The van der Waals surface area contributed by atoms with Crippen LogP contribution in [0.5, 0.6) is 0 Å². The Morgan fingerprint density at radius 3 is 1.50 bits per heavy atom. The van der Waals surface area contributed by atoms with Gasteiger partial charge in [0.25, 0.3) is 5.91 Å². The van der Waals surface area contributed by atoms with E-state index < -0.39 is 5.60 Å². The van der Waals surface area contributed by atoms with E-state index in [1.807, 2.05) is 60.3 Å². The molecule has 0 heterocycles. The van der Waals surface area contributed by atoms with Crippen LogP contribution in [0.3, 0.4) is 0 Å². The number of hydrogen-bond acceptors (Lipinski definition) is 2. The second-order valence-corrected chi connectivity index (χ2v) is 4.93. The highest BCUT2D eigenvalue weighted by Gasteiger charge is 2.35. The van der Waals surface area contributed by atoms with Crippen LogP contribution in [0, 0.1) is 0 Å². The summed E-state index contributed by atoms with van der Waals surface area (Å²) in [5.41, 5.74) is -0.884. The van der Waals surface area contributed by atoms with Crippen LogP contribution >= 0.6 is 0 Å². The van der Waals surface area contributed by atoms with Gasteiger partial charge in [0.15, 0.2) is 0 Å². The molecule has 0 radical (unpaired) electrons. The lowest BCUT2D eigenvalue weighted by Gasteiger charge is -2.39. The molecule has 3 heteroatoms. The van der Waals surface area contributed by atoms with E-state index in [0.717, 1.165) is 0 Å². The van der Waals surface area contributed by atoms with Crippen molar-refractivity contribution in [1.29, 1.82) is 0 Å². The number of likely N-dealkylation sites (N-methyl/N-ethyl adjacent to an activating group) is 1. The SMILES string of the molecule is CC.CC.CCN(C(=O)C(C)(C)OC)C(C)(C)C. The second kappa shape index (κ2) is 10.4. The van der Waals surface area contributed by atoms with Crippen molar-refractivity contribution in [3.05, 3.63) is 0 Å². The highest BCUT2D eigenvalue weighted by Crippen LogP contribution is 2.20.